The number of rotatable bonds is 20. The molecule has 304 valence electrons. The van der Waals surface area contributed by atoms with Gasteiger partial charge >= 0.3 is 6.09 Å². The minimum Gasteiger partial charge on any atom is -0.460 e. The number of nitrogens with zero attached hydrogens (tertiary/aromatic N) is 2. The number of amides is 1. The van der Waals surface area contributed by atoms with Crippen molar-refractivity contribution in [3.63, 3.8) is 0 Å². The van der Waals surface area contributed by atoms with Gasteiger partial charge in [0.25, 0.3) is 5.69 Å². The number of aliphatic hydroxyl groups excluding tert-OH is 2. The van der Waals surface area contributed by atoms with Gasteiger partial charge in [0.2, 0.25) is 5.79 Å². The summed E-state index contributed by atoms with van der Waals surface area (Å²) in [5, 5.41) is 38.3. The number of aliphatic hydroxyl groups is 2. The molecule has 13 heteroatoms. The van der Waals surface area contributed by atoms with Crippen LogP contribution < -0.4 is 14.8 Å². The van der Waals surface area contributed by atoms with Gasteiger partial charge in [-0.25, -0.2) is 4.79 Å². The molecule has 0 unspecified atom stereocenters. The van der Waals surface area contributed by atoms with E-state index in [0.717, 1.165) is 59.4 Å². The zero-order valence-electron chi connectivity index (χ0n) is 32.4. The molecule has 12 nitrogen and oxygen atoms in total. The van der Waals surface area contributed by atoms with Gasteiger partial charge in [0.05, 0.1) is 28.4 Å². The van der Waals surface area contributed by atoms with Crippen LogP contribution in [0, 0.1) is 27.9 Å². The maximum Gasteiger partial charge on any atom is 0.412 e. The number of oxime groups is 1. The van der Waals surface area contributed by atoms with E-state index in [0.29, 0.717) is 37.3 Å². The number of hydrogen-bond acceptors (Lipinski definition) is 11. The number of nitro benzene ring substituents is 1. The average Bonchev–Trinajstić information content (AvgIpc) is 3.22. The number of non-ortho nitro benzene ring substituents is 1. The fraction of sp³-hybridized carbons (Fsp3) is 0.455. The van der Waals surface area contributed by atoms with Crippen LogP contribution in [-0.4, -0.2) is 63.6 Å². The Morgan fingerprint density at radius 2 is 1.81 bits per heavy atom. The molecule has 6 rings (SSSR count). The average molecular weight is 800 g/mol. The highest BCUT2D eigenvalue weighted by molar-refractivity contribution is 8.00. The maximum atomic E-state index is 13.1. The summed E-state index contributed by atoms with van der Waals surface area (Å²) in [6.07, 6.45) is 8.61. The topological polar surface area (TPSA) is 162 Å². The molecule has 3 aromatic rings. The molecule has 0 radical (unpaired) electrons. The number of fused-ring (bicyclic) bond motifs is 2. The van der Waals surface area contributed by atoms with Gasteiger partial charge in [-0.15, -0.1) is 6.58 Å². The molecular weight excluding hydrogens is 747 g/mol. The smallest absolute Gasteiger partial charge is 0.412 e. The minimum absolute atomic E-state index is 0.00535. The molecule has 1 fully saturated rings. The van der Waals surface area contributed by atoms with Gasteiger partial charge in [0, 0.05) is 49.8 Å². The Kier molecular flexibility index (Phi) is 14.8. The van der Waals surface area contributed by atoms with Crippen molar-refractivity contribution in [1.82, 2.24) is 5.32 Å². The second-order valence-corrected chi connectivity index (χ2v) is 16.1. The van der Waals surface area contributed by atoms with Crippen LogP contribution in [0.3, 0.4) is 0 Å². The first-order valence-electron chi connectivity index (χ1n) is 19.9. The normalized spacial score (nSPS) is 24.0. The van der Waals surface area contributed by atoms with Crippen molar-refractivity contribution >= 4 is 29.3 Å². The molecule has 2 aliphatic carbocycles. The summed E-state index contributed by atoms with van der Waals surface area (Å²) in [6.45, 7) is 6.99. The van der Waals surface area contributed by atoms with Gasteiger partial charge in [0.1, 0.15) is 18.1 Å². The number of benzene rings is 3. The Hall–Kier alpha value is -4.69. The van der Waals surface area contributed by atoms with Crippen LogP contribution in [0.5, 0.6) is 11.5 Å². The molecule has 57 heavy (non-hydrogen) atoms. The highest BCUT2D eigenvalue weighted by Gasteiger charge is 2.63. The fourth-order valence-electron chi connectivity index (χ4n) is 8.55. The Morgan fingerprint density at radius 1 is 1.05 bits per heavy atom. The molecule has 3 aromatic carbocycles. The van der Waals surface area contributed by atoms with Crippen LogP contribution in [0.4, 0.5) is 10.5 Å². The van der Waals surface area contributed by atoms with Crippen molar-refractivity contribution in [2.45, 2.75) is 82.0 Å². The van der Waals surface area contributed by atoms with Gasteiger partial charge in [0.15, 0.2) is 0 Å². The van der Waals surface area contributed by atoms with Crippen LogP contribution in [0.25, 0.3) is 0 Å². The zero-order valence-corrected chi connectivity index (χ0v) is 33.2. The number of ether oxygens (including phenoxy) is 3. The van der Waals surface area contributed by atoms with E-state index < -0.39 is 16.8 Å². The van der Waals surface area contributed by atoms with Crippen molar-refractivity contribution < 1.29 is 39.0 Å². The van der Waals surface area contributed by atoms with Crippen molar-refractivity contribution in [3.05, 3.63) is 124 Å². The van der Waals surface area contributed by atoms with Crippen LogP contribution in [0.1, 0.15) is 74.5 Å². The number of hydrogen-bond donors (Lipinski definition) is 3. The lowest BCUT2D eigenvalue weighted by Crippen LogP contribution is -2.64. The number of allylic oxidation sites excluding steroid dienone is 1. The van der Waals surface area contributed by atoms with Gasteiger partial charge < -0.3 is 34.6 Å². The molecule has 3 aliphatic rings. The molecule has 1 aliphatic heterocycles. The second-order valence-electron chi connectivity index (χ2n) is 14.6. The Bertz CT molecular complexity index is 1890. The van der Waals surface area contributed by atoms with E-state index in [1.807, 2.05) is 42.5 Å². The number of nitrogens with one attached hydrogen (secondary N) is 1. The molecule has 0 saturated heterocycles. The van der Waals surface area contributed by atoms with Gasteiger partial charge in [-0.05, 0) is 90.3 Å². The van der Waals surface area contributed by atoms with E-state index in [1.54, 1.807) is 36.0 Å². The molecule has 0 bridgehead atoms. The summed E-state index contributed by atoms with van der Waals surface area (Å²) in [5.41, 5.74) is 4.38. The molecule has 0 aromatic heterocycles. The van der Waals surface area contributed by atoms with Crippen LogP contribution in [-0.2, 0) is 22.7 Å². The first-order valence-corrected chi connectivity index (χ1v) is 20.9. The van der Waals surface area contributed by atoms with Gasteiger partial charge in [-0.3, -0.25) is 10.1 Å². The monoisotopic (exact) mass is 799 g/mol. The van der Waals surface area contributed by atoms with Crippen LogP contribution in [0.2, 0.25) is 0 Å². The van der Waals surface area contributed by atoms with Gasteiger partial charge in [-0.2, -0.15) is 11.8 Å². The SMILES string of the molecule is C=CCO[C@@]12Oc3ccc(OC(=O)NCc4ccccc4)cc3[C@H]3[C@H](CCCCO)[C@@H](CCCCO)C=C(C(=NOCc4ccc([N+](=O)[O-])cc4)C[C@@H]1SCC)[C@H]32. The first kappa shape index (κ1) is 41.9. The molecule has 1 heterocycles. The highest BCUT2D eigenvalue weighted by atomic mass is 32.2. The van der Waals surface area contributed by atoms with Crippen molar-refractivity contribution in [3.8, 4) is 11.5 Å². The molecule has 1 amide bonds. The van der Waals surface area contributed by atoms with Crippen LogP contribution in [0.15, 0.2) is 102 Å². The van der Waals surface area contributed by atoms with E-state index in [4.69, 9.17) is 24.2 Å². The largest absolute Gasteiger partial charge is 0.460 e. The van der Waals surface area contributed by atoms with E-state index in [9.17, 15) is 25.1 Å². The lowest BCUT2D eigenvalue weighted by Gasteiger charge is -2.58. The Morgan fingerprint density at radius 3 is 2.51 bits per heavy atom. The quantitative estimate of drug-likeness (QED) is 0.0438. The highest BCUT2D eigenvalue weighted by Crippen LogP contribution is 2.62. The van der Waals surface area contributed by atoms with E-state index >= 15 is 0 Å². The first-order chi connectivity index (χ1) is 27.8. The fourth-order valence-corrected chi connectivity index (χ4v) is 9.73. The molecule has 0 spiro atoms. The third-order valence-corrected chi connectivity index (χ3v) is 12.3. The molecular formula is C44H53N3O9S. The molecule has 3 N–H and O–H groups in total. The van der Waals surface area contributed by atoms with Crippen molar-refractivity contribution in [1.29, 1.82) is 0 Å². The summed E-state index contributed by atoms with van der Waals surface area (Å²) in [6, 6.07) is 21.4. The second kappa shape index (κ2) is 20.1. The van der Waals surface area contributed by atoms with Crippen molar-refractivity contribution in [2.75, 3.05) is 25.6 Å². The lowest BCUT2D eigenvalue weighted by atomic mass is 9.56. The Labute approximate surface area is 338 Å². The van der Waals surface area contributed by atoms with E-state index in [-0.39, 0.29) is 61.0 Å². The number of carbonyl (C=O) groups is 1. The zero-order chi connectivity index (χ0) is 40.2. The summed E-state index contributed by atoms with van der Waals surface area (Å²) in [4.78, 5) is 29.9. The lowest BCUT2D eigenvalue weighted by molar-refractivity contribution is -0.384. The van der Waals surface area contributed by atoms with Crippen molar-refractivity contribution in [2.24, 2.45) is 22.9 Å². The standard InChI is InChI=1S/C44H53N3O9S/c1-3-24-53-44-40(57-4-2)27-38(46-54-29-31-16-18-33(19-17-31)47(51)52)36-25-32(14-8-10-22-48)35(15-9-11-23-49)41(42(36)44)37-26-34(20-21-39(37)56-44)55-43(50)45-28-30-12-6-5-7-13-30/h3,5-7,12-13,16-21,25-26,32,35,40-42,48-49H,1,4,8-11,14-15,22-24,27-29H2,2H3,(H,45,50)/t32-,35+,40-,41+,42+,44+/m0/s1. The molecule has 6 atom stereocenters. The Balaban J connectivity index is 1.43. The maximum absolute atomic E-state index is 13.1. The van der Waals surface area contributed by atoms with E-state index in [2.05, 4.69) is 24.9 Å². The summed E-state index contributed by atoms with van der Waals surface area (Å²) >= 11 is 1.74. The minimum atomic E-state index is -1.10. The summed E-state index contributed by atoms with van der Waals surface area (Å²) in [5.74, 6) is 0.430. The molecule has 1 saturated carbocycles. The number of nitro groups is 1. The number of unbranched alkanes of at least 4 members (excludes halogenated alkanes) is 2. The van der Waals surface area contributed by atoms with Gasteiger partial charge in [-0.1, -0.05) is 67.4 Å². The number of carbonyl (C=O) groups excluding carboxylic acids is 1. The van der Waals surface area contributed by atoms with E-state index in [1.165, 1.54) is 12.1 Å². The number of thioether (sulfide) groups is 1. The van der Waals surface area contributed by atoms with Crippen LogP contribution >= 0.6 is 11.8 Å². The predicted molar refractivity (Wildman–Crippen MR) is 220 cm³/mol. The third kappa shape index (κ3) is 9.89. The predicted octanol–water partition coefficient (Wildman–Crippen LogP) is 8.47. The third-order valence-electron chi connectivity index (χ3n) is 11.0. The summed E-state index contributed by atoms with van der Waals surface area (Å²) < 4.78 is 19.9. The summed E-state index contributed by atoms with van der Waals surface area (Å²) in [7, 11) is 0.